The van der Waals surface area contributed by atoms with Crippen LogP contribution in [0.15, 0.2) is 31.0 Å². The average molecular weight is 358 g/mol. The van der Waals surface area contributed by atoms with Gasteiger partial charge in [-0.25, -0.2) is 13.8 Å². The zero-order valence-electron chi connectivity index (χ0n) is 14.4. The minimum atomic E-state index is -0.700. The fraction of sp³-hybridized carbons (Fsp3) is 0.222. The molecule has 136 valence electrons. The van der Waals surface area contributed by atoms with E-state index >= 15 is 0 Å². The molecule has 3 aromatic rings. The van der Waals surface area contributed by atoms with Gasteiger partial charge in [-0.05, 0) is 24.6 Å². The van der Waals surface area contributed by atoms with Gasteiger partial charge in [0.15, 0.2) is 11.6 Å². The van der Waals surface area contributed by atoms with Crippen LogP contribution in [0.25, 0.3) is 16.6 Å². The molecule has 2 heterocycles. The number of nitrogen functional groups attached to an aromatic ring is 1. The molecule has 3 rings (SSSR count). The zero-order chi connectivity index (χ0) is 18.8. The van der Waals surface area contributed by atoms with Gasteiger partial charge in [0.05, 0.1) is 17.4 Å². The first kappa shape index (κ1) is 17.7. The largest absolute Gasteiger partial charge is 0.399 e. The minimum absolute atomic E-state index is 0.116. The number of anilines is 3. The number of unbranched alkanes of at least 4 members (excludes halogenated alkanes) is 1. The number of hydrogen-bond donors (Lipinski definition) is 3. The summed E-state index contributed by atoms with van der Waals surface area (Å²) < 4.78 is 29.6. The predicted octanol–water partition coefficient (Wildman–Crippen LogP) is 3.76. The lowest BCUT2D eigenvalue weighted by Gasteiger charge is -2.13. The number of nitrogens with zero attached hydrogens (tertiary/aromatic N) is 3. The molecule has 0 unspecified atom stereocenters. The Labute approximate surface area is 149 Å². The SMILES string of the molecule is C=C(N)c1cc(F)c(N)nc1Nc1cc(F)cc2c1cnn2CCCC. The molecule has 0 aliphatic heterocycles. The smallest absolute Gasteiger partial charge is 0.166 e. The lowest BCUT2D eigenvalue weighted by molar-refractivity contribution is 0.584. The number of aryl methyl sites for hydroxylation is 1. The van der Waals surface area contributed by atoms with Crippen LogP contribution >= 0.6 is 0 Å². The van der Waals surface area contributed by atoms with E-state index in [1.54, 1.807) is 10.9 Å². The molecule has 0 saturated carbocycles. The highest BCUT2D eigenvalue weighted by Gasteiger charge is 2.15. The monoisotopic (exact) mass is 358 g/mol. The van der Waals surface area contributed by atoms with Gasteiger partial charge in [0, 0.05) is 23.2 Å². The lowest BCUT2D eigenvalue weighted by Crippen LogP contribution is -2.07. The highest BCUT2D eigenvalue weighted by atomic mass is 19.1. The van der Waals surface area contributed by atoms with E-state index in [9.17, 15) is 8.78 Å². The van der Waals surface area contributed by atoms with Crippen molar-refractivity contribution in [3.05, 3.63) is 48.2 Å². The van der Waals surface area contributed by atoms with Crippen molar-refractivity contribution in [2.24, 2.45) is 5.73 Å². The number of fused-ring (bicyclic) bond motifs is 1. The second-order valence-corrected chi connectivity index (χ2v) is 6.01. The van der Waals surface area contributed by atoms with Crippen LogP contribution in [0.3, 0.4) is 0 Å². The third kappa shape index (κ3) is 3.30. The molecule has 0 atom stereocenters. The van der Waals surface area contributed by atoms with E-state index in [0.717, 1.165) is 18.9 Å². The normalized spacial score (nSPS) is 11.0. The molecular formula is C18H20F2N6. The molecule has 0 amide bonds. The van der Waals surface area contributed by atoms with Gasteiger partial charge in [-0.1, -0.05) is 19.9 Å². The zero-order valence-corrected chi connectivity index (χ0v) is 14.4. The first-order valence-electron chi connectivity index (χ1n) is 8.23. The number of benzene rings is 1. The molecular weight excluding hydrogens is 338 g/mol. The van der Waals surface area contributed by atoms with E-state index in [2.05, 4.69) is 28.9 Å². The summed E-state index contributed by atoms with van der Waals surface area (Å²) in [4.78, 5) is 3.98. The highest BCUT2D eigenvalue weighted by molar-refractivity contribution is 5.94. The highest BCUT2D eigenvalue weighted by Crippen LogP contribution is 2.31. The van der Waals surface area contributed by atoms with Gasteiger partial charge in [0.25, 0.3) is 0 Å². The van der Waals surface area contributed by atoms with Gasteiger partial charge >= 0.3 is 0 Å². The molecule has 1 aromatic carbocycles. The molecule has 8 heteroatoms. The first-order valence-corrected chi connectivity index (χ1v) is 8.23. The third-order valence-corrected chi connectivity index (χ3v) is 4.05. The molecule has 0 spiro atoms. The maximum atomic E-state index is 14.2. The summed E-state index contributed by atoms with van der Waals surface area (Å²) in [6.45, 7) is 6.38. The van der Waals surface area contributed by atoms with Gasteiger partial charge < -0.3 is 16.8 Å². The lowest BCUT2D eigenvalue weighted by atomic mass is 10.1. The number of nitrogens with two attached hydrogens (primary N) is 2. The van der Waals surface area contributed by atoms with E-state index in [1.807, 2.05) is 0 Å². The van der Waals surface area contributed by atoms with Crippen molar-refractivity contribution < 1.29 is 8.78 Å². The summed E-state index contributed by atoms with van der Waals surface area (Å²) in [6.07, 6.45) is 3.59. The summed E-state index contributed by atoms with van der Waals surface area (Å²) >= 11 is 0. The molecule has 5 N–H and O–H groups in total. The predicted molar refractivity (Wildman–Crippen MR) is 99.7 cm³/mol. The number of halogens is 2. The van der Waals surface area contributed by atoms with E-state index in [-0.39, 0.29) is 22.9 Å². The maximum Gasteiger partial charge on any atom is 0.166 e. The van der Waals surface area contributed by atoms with Crippen molar-refractivity contribution in [1.29, 1.82) is 0 Å². The Balaban J connectivity index is 2.08. The van der Waals surface area contributed by atoms with Crippen molar-refractivity contribution in [3.8, 4) is 0 Å². The van der Waals surface area contributed by atoms with E-state index in [0.29, 0.717) is 23.1 Å². The van der Waals surface area contributed by atoms with Gasteiger partial charge in [-0.2, -0.15) is 5.10 Å². The third-order valence-electron chi connectivity index (χ3n) is 4.05. The van der Waals surface area contributed by atoms with E-state index in [4.69, 9.17) is 11.5 Å². The van der Waals surface area contributed by atoms with Crippen LogP contribution in [0, 0.1) is 11.6 Å². The Kier molecular flexibility index (Phi) is 4.75. The summed E-state index contributed by atoms with van der Waals surface area (Å²) in [5.74, 6) is -1.22. The number of hydrogen-bond acceptors (Lipinski definition) is 5. The number of aromatic nitrogens is 3. The van der Waals surface area contributed by atoms with Gasteiger partial charge in [-0.3, -0.25) is 4.68 Å². The van der Waals surface area contributed by atoms with E-state index < -0.39 is 11.6 Å². The molecule has 0 saturated heterocycles. The number of nitrogens with one attached hydrogen (secondary N) is 1. The molecule has 0 radical (unpaired) electrons. The minimum Gasteiger partial charge on any atom is -0.399 e. The van der Waals surface area contributed by atoms with Gasteiger partial charge in [0.1, 0.15) is 11.6 Å². The molecule has 0 aliphatic carbocycles. The summed E-state index contributed by atoms with van der Waals surface area (Å²) in [5, 5.41) is 8.02. The standard InChI is InChI=1S/C18H20F2N6/c1-3-4-5-26-16-7-11(19)6-15(13(16)9-23-26)24-18-12(10(2)21)8-14(20)17(22)25-18/h6-9H,2-5,21H2,1H3,(H3,22,24,25). The first-order chi connectivity index (χ1) is 12.4. The molecule has 0 aliphatic rings. The number of rotatable bonds is 6. The van der Waals surface area contributed by atoms with Crippen LogP contribution in [-0.2, 0) is 6.54 Å². The number of pyridine rings is 1. The Bertz CT molecular complexity index is 979. The quantitative estimate of drug-likeness (QED) is 0.623. The van der Waals surface area contributed by atoms with Crippen molar-refractivity contribution >= 4 is 33.9 Å². The van der Waals surface area contributed by atoms with Crippen LogP contribution in [0.2, 0.25) is 0 Å². The van der Waals surface area contributed by atoms with Gasteiger partial charge in [0.2, 0.25) is 0 Å². The second-order valence-electron chi connectivity index (χ2n) is 6.01. The van der Waals surface area contributed by atoms with Crippen molar-refractivity contribution in [2.75, 3.05) is 11.1 Å². The molecule has 2 aromatic heterocycles. The Morgan fingerprint density at radius 2 is 2.08 bits per heavy atom. The Morgan fingerprint density at radius 3 is 2.77 bits per heavy atom. The van der Waals surface area contributed by atoms with Crippen LogP contribution in [0.1, 0.15) is 25.3 Å². The maximum absolute atomic E-state index is 14.2. The average Bonchev–Trinajstić information content (AvgIpc) is 2.98. The van der Waals surface area contributed by atoms with Crippen LogP contribution < -0.4 is 16.8 Å². The molecule has 0 bridgehead atoms. The fourth-order valence-electron chi connectivity index (χ4n) is 2.70. The summed E-state index contributed by atoms with van der Waals surface area (Å²) in [6, 6.07) is 3.89. The topological polar surface area (TPSA) is 94.8 Å². The summed E-state index contributed by atoms with van der Waals surface area (Å²) in [5.41, 5.74) is 12.7. The fourth-order valence-corrected chi connectivity index (χ4v) is 2.70. The molecule has 6 nitrogen and oxygen atoms in total. The second kappa shape index (κ2) is 6.99. The van der Waals surface area contributed by atoms with Gasteiger partial charge in [-0.15, -0.1) is 0 Å². The Morgan fingerprint density at radius 1 is 1.31 bits per heavy atom. The van der Waals surface area contributed by atoms with Crippen LogP contribution in [-0.4, -0.2) is 14.8 Å². The summed E-state index contributed by atoms with van der Waals surface area (Å²) in [7, 11) is 0. The van der Waals surface area contributed by atoms with E-state index in [1.165, 1.54) is 12.1 Å². The van der Waals surface area contributed by atoms with Crippen LogP contribution in [0.4, 0.5) is 26.1 Å². The molecule has 26 heavy (non-hydrogen) atoms. The molecule has 0 fully saturated rings. The Hall–Kier alpha value is -3.16. The van der Waals surface area contributed by atoms with Crippen molar-refractivity contribution in [1.82, 2.24) is 14.8 Å². The van der Waals surface area contributed by atoms with Crippen molar-refractivity contribution in [2.45, 2.75) is 26.3 Å². The van der Waals surface area contributed by atoms with Crippen molar-refractivity contribution in [3.63, 3.8) is 0 Å². The van der Waals surface area contributed by atoms with Crippen LogP contribution in [0.5, 0.6) is 0 Å².